The van der Waals surface area contributed by atoms with Crippen LogP contribution in [0.4, 0.5) is 0 Å². The van der Waals surface area contributed by atoms with Crippen LogP contribution in [0.5, 0.6) is 0 Å². The second-order valence-electron chi connectivity index (χ2n) is 5.63. The molecule has 2 heterocycles. The van der Waals surface area contributed by atoms with Gasteiger partial charge in [0, 0.05) is 11.8 Å². The Kier molecular flexibility index (Phi) is 5.27. The number of thioether (sulfide) groups is 1. The Hall–Kier alpha value is -2.80. The minimum absolute atomic E-state index is 0.178. The van der Waals surface area contributed by atoms with Crippen LogP contribution in [0.3, 0.4) is 0 Å². The van der Waals surface area contributed by atoms with Crippen LogP contribution in [-0.4, -0.2) is 42.3 Å². The molecule has 1 atom stereocenters. The van der Waals surface area contributed by atoms with Gasteiger partial charge in [0.1, 0.15) is 16.0 Å². The van der Waals surface area contributed by atoms with Crippen molar-refractivity contribution >= 4 is 28.7 Å². The molecule has 26 heavy (non-hydrogen) atoms. The number of rotatable bonds is 3. The molecule has 0 spiro atoms. The van der Waals surface area contributed by atoms with Crippen molar-refractivity contribution in [1.82, 2.24) is 5.01 Å². The standard InChI is InChI=1S/C19H18N2O4S/c1-12-8-7-11-21-15(12)14(18(22)24-2)16(19(23)25-3)26-17(20-21)13-9-5-4-6-10-13/h4-11,15H,1-3H3. The van der Waals surface area contributed by atoms with E-state index < -0.39 is 18.0 Å². The highest BCUT2D eigenvalue weighted by Gasteiger charge is 2.38. The van der Waals surface area contributed by atoms with Crippen molar-refractivity contribution in [3.05, 3.63) is 70.3 Å². The molecule has 0 aromatic heterocycles. The van der Waals surface area contributed by atoms with Crippen LogP contribution in [0.15, 0.2) is 69.8 Å². The molecule has 0 aliphatic carbocycles. The Bertz CT molecular complexity index is 856. The fourth-order valence-corrected chi connectivity index (χ4v) is 3.83. The van der Waals surface area contributed by atoms with E-state index in [2.05, 4.69) is 5.10 Å². The summed E-state index contributed by atoms with van der Waals surface area (Å²) in [4.78, 5) is 25.2. The maximum Gasteiger partial charge on any atom is 0.345 e. The molecule has 0 bridgehead atoms. The molecule has 0 radical (unpaired) electrons. The van der Waals surface area contributed by atoms with Crippen LogP contribution in [-0.2, 0) is 19.1 Å². The summed E-state index contributed by atoms with van der Waals surface area (Å²) in [6, 6.07) is 8.94. The Morgan fingerprint density at radius 2 is 1.81 bits per heavy atom. The monoisotopic (exact) mass is 370 g/mol. The molecular weight excluding hydrogens is 352 g/mol. The first-order chi connectivity index (χ1) is 12.6. The Balaban J connectivity index is 2.23. The third-order valence-corrected chi connectivity index (χ3v) is 5.12. The zero-order valence-corrected chi connectivity index (χ0v) is 15.4. The quantitative estimate of drug-likeness (QED) is 0.762. The number of methoxy groups -OCH3 is 2. The average molecular weight is 370 g/mol. The number of allylic oxidation sites excluding steroid dienone is 2. The van der Waals surface area contributed by atoms with Crippen molar-refractivity contribution in [3.63, 3.8) is 0 Å². The average Bonchev–Trinajstić information content (AvgIpc) is 2.85. The van der Waals surface area contributed by atoms with Crippen molar-refractivity contribution in [3.8, 4) is 0 Å². The first kappa shape index (κ1) is 18.0. The van der Waals surface area contributed by atoms with E-state index in [0.717, 1.165) is 22.9 Å². The van der Waals surface area contributed by atoms with E-state index in [4.69, 9.17) is 9.47 Å². The van der Waals surface area contributed by atoms with Gasteiger partial charge in [-0.15, -0.1) is 0 Å². The van der Waals surface area contributed by atoms with Crippen LogP contribution in [0.25, 0.3) is 0 Å². The second-order valence-corrected chi connectivity index (χ2v) is 6.63. The molecule has 2 aliphatic rings. The van der Waals surface area contributed by atoms with Gasteiger partial charge in [0.25, 0.3) is 0 Å². The number of hydrazone groups is 1. The molecule has 0 saturated heterocycles. The highest BCUT2D eigenvalue weighted by Crippen LogP contribution is 2.37. The van der Waals surface area contributed by atoms with Crippen LogP contribution in [0, 0.1) is 0 Å². The molecule has 0 saturated carbocycles. The third kappa shape index (κ3) is 3.30. The molecule has 0 fully saturated rings. The Morgan fingerprint density at radius 1 is 1.12 bits per heavy atom. The summed E-state index contributed by atoms with van der Waals surface area (Å²) in [5.41, 5.74) is 1.93. The van der Waals surface area contributed by atoms with Gasteiger partial charge in [-0.2, -0.15) is 5.10 Å². The molecule has 1 unspecified atom stereocenters. The predicted octanol–water partition coefficient (Wildman–Crippen LogP) is 2.84. The number of benzene rings is 1. The van der Waals surface area contributed by atoms with Gasteiger partial charge in [-0.3, -0.25) is 5.01 Å². The molecule has 7 heteroatoms. The van der Waals surface area contributed by atoms with E-state index >= 15 is 0 Å². The summed E-state index contributed by atoms with van der Waals surface area (Å²) in [6.45, 7) is 1.88. The van der Waals surface area contributed by atoms with E-state index in [1.165, 1.54) is 14.2 Å². The number of carbonyl (C=O) groups is 2. The predicted molar refractivity (Wildman–Crippen MR) is 100 cm³/mol. The Morgan fingerprint density at radius 3 is 2.46 bits per heavy atom. The topological polar surface area (TPSA) is 68.2 Å². The number of esters is 2. The number of nitrogens with zero attached hydrogens (tertiary/aromatic N) is 2. The maximum atomic E-state index is 12.6. The normalized spacial score (nSPS) is 19.2. The van der Waals surface area contributed by atoms with Crippen LogP contribution < -0.4 is 0 Å². The molecule has 0 N–H and O–H groups in total. The van der Waals surface area contributed by atoms with Crippen LogP contribution in [0.1, 0.15) is 12.5 Å². The van der Waals surface area contributed by atoms with Crippen LogP contribution >= 0.6 is 11.8 Å². The van der Waals surface area contributed by atoms with Crippen molar-refractivity contribution in [2.24, 2.45) is 5.10 Å². The molecular formula is C19H18N2O4S. The largest absolute Gasteiger partial charge is 0.466 e. The molecule has 134 valence electrons. The molecule has 6 nitrogen and oxygen atoms in total. The third-order valence-electron chi connectivity index (χ3n) is 4.01. The highest BCUT2D eigenvalue weighted by atomic mass is 32.2. The van der Waals surface area contributed by atoms with Gasteiger partial charge in [0.05, 0.1) is 19.8 Å². The summed E-state index contributed by atoms with van der Waals surface area (Å²) in [6.07, 6.45) is 5.50. The fourth-order valence-electron chi connectivity index (χ4n) is 2.78. The molecule has 1 aromatic rings. The molecule has 3 rings (SSSR count). The summed E-state index contributed by atoms with van der Waals surface area (Å²) in [5, 5.41) is 6.95. The number of carbonyl (C=O) groups excluding carboxylic acids is 2. The summed E-state index contributed by atoms with van der Waals surface area (Å²) in [7, 11) is 2.58. The van der Waals surface area contributed by atoms with Gasteiger partial charge < -0.3 is 9.47 Å². The van der Waals surface area contributed by atoms with E-state index in [9.17, 15) is 9.59 Å². The molecule has 0 amide bonds. The van der Waals surface area contributed by atoms with Gasteiger partial charge in [0.2, 0.25) is 0 Å². The second kappa shape index (κ2) is 7.61. The van der Waals surface area contributed by atoms with Crippen molar-refractivity contribution in [2.45, 2.75) is 13.0 Å². The van der Waals surface area contributed by atoms with E-state index in [0.29, 0.717) is 5.04 Å². The van der Waals surface area contributed by atoms with Gasteiger partial charge in [-0.25, -0.2) is 9.59 Å². The van der Waals surface area contributed by atoms with Gasteiger partial charge in [0.15, 0.2) is 0 Å². The first-order valence-corrected chi connectivity index (χ1v) is 8.74. The molecule has 1 aromatic carbocycles. The minimum atomic E-state index is -0.594. The van der Waals surface area contributed by atoms with Gasteiger partial charge in [-0.05, 0) is 18.6 Å². The number of hydrogen-bond donors (Lipinski definition) is 0. The van der Waals surface area contributed by atoms with Crippen molar-refractivity contribution in [2.75, 3.05) is 14.2 Å². The summed E-state index contributed by atoms with van der Waals surface area (Å²) in [5.74, 6) is -1.18. The summed E-state index contributed by atoms with van der Waals surface area (Å²) >= 11 is 1.11. The van der Waals surface area contributed by atoms with Crippen molar-refractivity contribution in [1.29, 1.82) is 0 Å². The van der Waals surface area contributed by atoms with Gasteiger partial charge in [-0.1, -0.05) is 48.2 Å². The lowest BCUT2D eigenvalue weighted by molar-refractivity contribution is -0.139. The minimum Gasteiger partial charge on any atom is -0.466 e. The molecule has 2 aliphatic heterocycles. The van der Waals surface area contributed by atoms with Crippen LogP contribution in [0.2, 0.25) is 0 Å². The smallest absolute Gasteiger partial charge is 0.345 e. The lowest BCUT2D eigenvalue weighted by Gasteiger charge is -2.29. The SMILES string of the molecule is COC(=O)C1=C(C(=O)OC)C2C(C)=CC=CN2N=C(c2ccccc2)S1. The van der Waals surface area contributed by atoms with E-state index in [1.807, 2.05) is 49.4 Å². The van der Waals surface area contributed by atoms with E-state index in [1.54, 1.807) is 11.2 Å². The van der Waals surface area contributed by atoms with E-state index in [-0.39, 0.29) is 10.5 Å². The fraction of sp³-hybridized carbons (Fsp3) is 0.211. The number of ether oxygens (including phenoxy) is 2. The Labute approximate surface area is 155 Å². The van der Waals surface area contributed by atoms with Gasteiger partial charge >= 0.3 is 11.9 Å². The number of hydrogen-bond acceptors (Lipinski definition) is 7. The van der Waals surface area contributed by atoms with Crippen molar-refractivity contribution < 1.29 is 19.1 Å². The highest BCUT2D eigenvalue weighted by molar-refractivity contribution is 8.18. The summed E-state index contributed by atoms with van der Waals surface area (Å²) < 4.78 is 9.89. The lowest BCUT2D eigenvalue weighted by Crippen LogP contribution is -2.35. The number of fused-ring (bicyclic) bond motifs is 1. The lowest BCUT2D eigenvalue weighted by atomic mass is 9.96. The first-order valence-electron chi connectivity index (χ1n) is 7.92. The zero-order chi connectivity index (χ0) is 18.7. The maximum absolute atomic E-state index is 12.6. The zero-order valence-electron chi connectivity index (χ0n) is 14.6.